The highest BCUT2D eigenvalue weighted by Crippen LogP contribution is 2.14. The average Bonchev–Trinajstić information content (AvgIpc) is 2.51. The molecule has 0 aliphatic carbocycles. The fourth-order valence-corrected chi connectivity index (χ4v) is 2.64. The molecule has 3 rings (SSSR count). The van der Waals surface area contributed by atoms with Crippen molar-refractivity contribution in [1.82, 2.24) is 0 Å². The van der Waals surface area contributed by atoms with Gasteiger partial charge in [-0.2, -0.15) is 0 Å². The summed E-state index contributed by atoms with van der Waals surface area (Å²) < 4.78 is 18.8. The molecule has 2 aromatic rings. The second kappa shape index (κ2) is 6.03. The zero-order chi connectivity index (χ0) is 15.7. The maximum Gasteiger partial charge on any atom is 0.491 e. The Balaban J connectivity index is 1.82. The molecular weight excluding hydrogens is 282 g/mol. The Bertz CT molecular complexity index is 730. The third kappa shape index (κ3) is 2.96. The third-order valence-corrected chi connectivity index (χ3v) is 3.98. The average molecular weight is 298 g/mol. The molecule has 0 unspecified atom stereocenters. The number of fused-ring (bicyclic) bond motifs is 1. The smallest absolute Gasteiger partial charge is 0.423 e. The lowest BCUT2D eigenvalue weighted by Gasteiger charge is -2.19. The molecule has 0 saturated carbocycles. The Morgan fingerprint density at radius 3 is 2.91 bits per heavy atom. The molecule has 1 aliphatic heterocycles. The molecule has 3 nitrogen and oxygen atoms in total. The van der Waals surface area contributed by atoms with Crippen LogP contribution < -0.4 is 5.46 Å². The third-order valence-electron chi connectivity index (χ3n) is 3.98. The first-order chi connectivity index (χ1) is 10.5. The first-order valence-electron chi connectivity index (χ1n) is 7.25. The van der Waals surface area contributed by atoms with Crippen LogP contribution in [0.2, 0.25) is 0 Å². The van der Waals surface area contributed by atoms with E-state index >= 15 is 0 Å². The van der Waals surface area contributed by atoms with Crippen LogP contribution >= 0.6 is 0 Å². The van der Waals surface area contributed by atoms with E-state index in [1.54, 1.807) is 25.1 Å². The summed E-state index contributed by atoms with van der Waals surface area (Å²) in [4.78, 5) is 12.3. The standard InChI is InChI=1S/C17H16BFO3/c1-11-2-4-14(10-16(11)19)17(20)9-12-3-5-13-6-7-22-18(21)15(13)8-12/h2-5,8,10,21H,6-7,9H2,1H3. The molecule has 1 heterocycles. The first kappa shape index (κ1) is 14.9. The van der Waals surface area contributed by atoms with Gasteiger partial charge in [-0.3, -0.25) is 4.79 Å². The molecule has 0 saturated heterocycles. The van der Waals surface area contributed by atoms with E-state index in [1.165, 1.54) is 6.07 Å². The van der Waals surface area contributed by atoms with Crippen LogP contribution in [0, 0.1) is 12.7 Å². The molecule has 0 radical (unpaired) electrons. The van der Waals surface area contributed by atoms with Gasteiger partial charge in [-0.15, -0.1) is 0 Å². The second-order valence-corrected chi connectivity index (χ2v) is 5.57. The molecule has 0 bridgehead atoms. The monoisotopic (exact) mass is 298 g/mol. The van der Waals surface area contributed by atoms with Crippen molar-refractivity contribution >= 4 is 18.4 Å². The van der Waals surface area contributed by atoms with Gasteiger partial charge in [-0.05, 0) is 41.6 Å². The van der Waals surface area contributed by atoms with Crippen LogP contribution in [-0.4, -0.2) is 24.5 Å². The molecule has 0 amide bonds. The van der Waals surface area contributed by atoms with Gasteiger partial charge < -0.3 is 9.68 Å². The maximum absolute atomic E-state index is 13.6. The Kier molecular flexibility index (Phi) is 4.09. The van der Waals surface area contributed by atoms with Gasteiger partial charge in [0.15, 0.2) is 5.78 Å². The Labute approximate surface area is 128 Å². The number of hydrogen-bond acceptors (Lipinski definition) is 3. The number of Topliss-reactive ketones (excluding diaryl/α,β-unsaturated/α-hetero) is 1. The number of rotatable bonds is 3. The van der Waals surface area contributed by atoms with Crippen molar-refractivity contribution in [3.05, 3.63) is 64.5 Å². The fraction of sp³-hybridized carbons (Fsp3) is 0.235. The number of benzene rings is 2. The van der Waals surface area contributed by atoms with Crippen LogP contribution in [0.3, 0.4) is 0 Å². The summed E-state index contributed by atoms with van der Waals surface area (Å²) in [7, 11) is -0.935. The molecule has 22 heavy (non-hydrogen) atoms. The summed E-state index contributed by atoms with van der Waals surface area (Å²) in [6, 6.07) is 10.1. The van der Waals surface area contributed by atoms with Gasteiger partial charge in [0.1, 0.15) is 5.82 Å². The Morgan fingerprint density at radius 1 is 1.32 bits per heavy atom. The number of ketones is 1. The maximum atomic E-state index is 13.6. The lowest BCUT2D eigenvalue weighted by molar-refractivity contribution is 0.0992. The van der Waals surface area contributed by atoms with E-state index in [-0.39, 0.29) is 18.0 Å². The van der Waals surface area contributed by atoms with Crippen molar-refractivity contribution in [3.63, 3.8) is 0 Å². The van der Waals surface area contributed by atoms with Crippen LogP contribution in [0.5, 0.6) is 0 Å². The van der Waals surface area contributed by atoms with E-state index in [9.17, 15) is 14.2 Å². The molecule has 0 atom stereocenters. The minimum Gasteiger partial charge on any atom is -0.423 e. The number of aryl methyl sites for hydroxylation is 1. The lowest BCUT2D eigenvalue weighted by atomic mass is 9.73. The predicted octanol–water partition coefficient (Wildman–Crippen LogP) is 1.82. The van der Waals surface area contributed by atoms with Gasteiger partial charge in [-0.25, -0.2) is 4.39 Å². The summed E-state index contributed by atoms with van der Waals surface area (Å²) in [5.41, 5.74) is 3.42. The number of hydrogen-bond donors (Lipinski definition) is 1. The highest BCUT2D eigenvalue weighted by atomic mass is 19.1. The summed E-state index contributed by atoms with van der Waals surface area (Å²) in [5, 5.41) is 9.85. The molecule has 112 valence electrons. The van der Waals surface area contributed by atoms with Gasteiger partial charge in [0.2, 0.25) is 0 Å². The van der Waals surface area contributed by atoms with E-state index < -0.39 is 7.12 Å². The summed E-state index contributed by atoms with van der Waals surface area (Å²) >= 11 is 0. The zero-order valence-corrected chi connectivity index (χ0v) is 12.3. The minimum atomic E-state index is -0.935. The van der Waals surface area contributed by atoms with E-state index in [2.05, 4.69) is 0 Å². The molecule has 0 spiro atoms. The normalized spacial score (nSPS) is 13.9. The van der Waals surface area contributed by atoms with Gasteiger partial charge in [0, 0.05) is 18.6 Å². The Hall–Kier alpha value is -1.98. The SMILES string of the molecule is Cc1ccc(C(=O)Cc2ccc3c(c2)B(O)OCC3)cc1F. The van der Waals surface area contributed by atoms with Gasteiger partial charge >= 0.3 is 7.12 Å². The van der Waals surface area contributed by atoms with Crippen molar-refractivity contribution in [3.8, 4) is 0 Å². The van der Waals surface area contributed by atoms with E-state index in [0.29, 0.717) is 23.2 Å². The van der Waals surface area contributed by atoms with Gasteiger partial charge in [0.25, 0.3) is 0 Å². The van der Waals surface area contributed by atoms with Crippen molar-refractivity contribution in [2.75, 3.05) is 6.61 Å². The largest absolute Gasteiger partial charge is 0.491 e. The molecule has 1 N–H and O–H groups in total. The summed E-state index contributed by atoms with van der Waals surface area (Å²) in [6.07, 6.45) is 0.923. The number of carbonyl (C=O) groups is 1. The van der Waals surface area contributed by atoms with Crippen LogP contribution in [-0.2, 0) is 17.5 Å². The first-order valence-corrected chi connectivity index (χ1v) is 7.25. The molecule has 2 aromatic carbocycles. The van der Waals surface area contributed by atoms with E-state index in [0.717, 1.165) is 17.5 Å². The molecule has 5 heteroatoms. The Morgan fingerprint density at radius 2 is 2.14 bits per heavy atom. The van der Waals surface area contributed by atoms with Crippen LogP contribution in [0.4, 0.5) is 4.39 Å². The summed E-state index contributed by atoms with van der Waals surface area (Å²) in [6.45, 7) is 2.16. The summed E-state index contributed by atoms with van der Waals surface area (Å²) in [5.74, 6) is -0.523. The fourth-order valence-electron chi connectivity index (χ4n) is 2.64. The van der Waals surface area contributed by atoms with Gasteiger partial charge in [-0.1, -0.05) is 30.3 Å². The molecular formula is C17H16BFO3. The quantitative estimate of drug-likeness (QED) is 0.694. The topological polar surface area (TPSA) is 46.5 Å². The van der Waals surface area contributed by atoms with Crippen molar-refractivity contribution in [2.24, 2.45) is 0 Å². The zero-order valence-electron chi connectivity index (χ0n) is 12.3. The van der Waals surface area contributed by atoms with Gasteiger partial charge in [0.05, 0.1) is 0 Å². The highest BCUT2D eigenvalue weighted by Gasteiger charge is 2.25. The lowest BCUT2D eigenvalue weighted by Crippen LogP contribution is -2.41. The van der Waals surface area contributed by atoms with Crippen molar-refractivity contribution < 1.29 is 18.9 Å². The van der Waals surface area contributed by atoms with Crippen LogP contribution in [0.1, 0.15) is 27.0 Å². The molecule has 0 fully saturated rings. The van der Waals surface area contributed by atoms with E-state index in [1.807, 2.05) is 12.1 Å². The van der Waals surface area contributed by atoms with Crippen LogP contribution in [0.15, 0.2) is 36.4 Å². The number of carbonyl (C=O) groups excluding carboxylic acids is 1. The molecule has 0 aromatic heterocycles. The number of halogens is 1. The van der Waals surface area contributed by atoms with Crippen molar-refractivity contribution in [1.29, 1.82) is 0 Å². The van der Waals surface area contributed by atoms with Crippen molar-refractivity contribution in [2.45, 2.75) is 19.8 Å². The van der Waals surface area contributed by atoms with Crippen LogP contribution in [0.25, 0.3) is 0 Å². The minimum absolute atomic E-state index is 0.148. The van der Waals surface area contributed by atoms with E-state index in [4.69, 9.17) is 4.65 Å². The highest BCUT2D eigenvalue weighted by molar-refractivity contribution is 6.60. The molecule has 1 aliphatic rings. The second-order valence-electron chi connectivity index (χ2n) is 5.57. The predicted molar refractivity (Wildman–Crippen MR) is 82.9 cm³/mol.